The molecule has 0 fully saturated rings. The average Bonchev–Trinajstić information content (AvgIpc) is 2.90. The lowest BCUT2D eigenvalue weighted by atomic mass is 9.95. The van der Waals surface area contributed by atoms with Crippen LogP contribution in [0.25, 0.3) is 43.8 Å². The zero-order valence-corrected chi connectivity index (χ0v) is 21.8. The molecule has 0 radical (unpaired) electrons. The van der Waals surface area contributed by atoms with Gasteiger partial charge in [-0.3, -0.25) is 0 Å². The van der Waals surface area contributed by atoms with E-state index in [9.17, 15) is 0 Å². The molecule has 0 nitrogen and oxygen atoms in total. The number of hydrogen-bond acceptors (Lipinski definition) is 0. The Kier molecular flexibility index (Phi) is 7.09. The second kappa shape index (κ2) is 10.6. The summed E-state index contributed by atoms with van der Waals surface area (Å²) in [5, 5.41) is 6.75. The molecule has 6 aromatic carbocycles. The minimum absolute atomic E-state index is 0.774. The van der Waals surface area contributed by atoms with Crippen LogP contribution in [0.3, 0.4) is 0 Å². The van der Waals surface area contributed by atoms with Gasteiger partial charge < -0.3 is 0 Å². The standard InChI is InChI=1S/2C17H13Cl/c2*1-12-4-2-5-14-6-3-7-16(17(12)14)13-8-10-15(18)11-9-13/h2*2-11H,1H3. The lowest BCUT2D eigenvalue weighted by Crippen LogP contribution is -1.84. The molecule has 0 aromatic heterocycles. The minimum Gasteiger partial charge on any atom is -0.0843 e. The number of aryl methyl sites for hydroxylation is 2. The Bertz CT molecular complexity index is 1510. The van der Waals surface area contributed by atoms with Crippen LogP contribution in [0, 0.1) is 13.8 Å². The molecular formula is C34H26Cl2. The van der Waals surface area contributed by atoms with E-state index in [1.54, 1.807) is 0 Å². The van der Waals surface area contributed by atoms with Crippen LogP contribution in [0.4, 0.5) is 0 Å². The van der Waals surface area contributed by atoms with Gasteiger partial charge in [-0.15, -0.1) is 0 Å². The van der Waals surface area contributed by atoms with Gasteiger partial charge in [0, 0.05) is 10.0 Å². The summed E-state index contributed by atoms with van der Waals surface area (Å²) in [5.74, 6) is 0. The summed E-state index contributed by atoms with van der Waals surface area (Å²) in [6.45, 7) is 4.31. The number of hydrogen-bond donors (Lipinski definition) is 0. The highest BCUT2D eigenvalue weighted by molar-refractivity contribution is 6.31. The van der Waals surface area contributed by atoms with Crippen LogP contribution in [-0.4, -0.2) is 0 Å². The zero-order valence-electron chi connectivity index (χ0n) is 20.3. The third-order valence-corrected chi connectivity index (χ3v) is 7.04. The summed E-state index contributed by atoms with van der Waals surface area (Å²) in [6, 6.07) is 41.7. The van der Waals surface area contributed by atoms with E-state index >= 15 is 0 Å². The van der Waals surface area contributed by atoms with Crippen LogP contribution in [0.1, 0.15) is 11.1 Å². The second-order valence-electron chi connectivity index (χ2n) is 8.97. The molecule has 0 atom stereocenters. The van der Waals surface area contributed by atoms with E-state index in [-0.39, 0.29) is 0 Å². The molecule has 0 aliphatic heterocycles. The molecule has 0 bridgehead atoms. The van der Waals surface area contributed by atoms with E-state index in [2.05, 4.69) is 111 Å². The summed E-state index contributed by atoms with van der Waals surface area (Å²) in [7, 11) is 0. The van der Waals surface area contributed by atoms with Crippen molar-refractivity contribution in [1.82, 2.24) is 0 Å². The van der Waals surface area contributed by atoms with Crippen LogP contribution in [0.5, 0.6) is 0 Å². The molecule has 6 aromatic rings. The van der Waals surface area contributed by atoms with Crippen LogP contribution in [0.2, 0.25) is 10.0 Å². The van der Waals surface area contributed by atoms with Gasteiger partial charge in [-0.2, -0.15) is 0 Å². The first-order valence-electron chi connectivity index (χ1n) is 12.0. The Morgan fingerprint density at radius 3 is 1.08 bits per heavy atom. The zero-order chi connectivity index (χ0) is 25.1. The van der Waals surface area contributed by atoms with E-state index in [1.807, 2.05) is 24.3 Å². The SMILES string of the molecule is Cc1cccc2cccc(-c3ccc(Cl)cc3)c12.Cc1cccc2cccc(-c3ccc(Cl)cc3)c12. The predicted octanol–water partition coefficient (Wildman–Crippen LogP) is 10.9. The quantitative estimate of drug-likeness (QED) is 0.220. The van der Waals surface area contributed by atoms with E-state index < -0.39 is 0 Å². The van der Waals surface area contributed by atoms with Crippen LogP contribution >= 0.6 is 23.2 Å². The molecule has 0 aliphatic rings. The Balaban J connectivity index is 0.000000148. The lowest BCUT2D eigenvalue weighted by molar-refractivity contribution is 1.52. The van der Waals surface area contributed by atoms with Gasteiger partial charge in [0.15, 0.2) is 0 Å². The molecule has 2 heteroatoms. The maximum Gasteiger partial charge on any atom is 0.0406 e. The summed E-state index contributed by atoms with van der Waals surface area (Å²) in [6.07, 6.45) is 0. The molecule has 36 heavy (non-hydrogen) atoms. The first-order valence-corrected chi connectivity index (χ1v) is 12.8. The Hall–Kier alpha value is -3.58. The normalized spacial score (nSPS) is 10.8. The fourth-order valence-corrected chi connectivity index (χ4v) is 5.05. The molecule has 0 saturated carbocycles. The topological polar surface area (TPSA) is 0 Å². The van der Waals surface area contributed by atoms with Crippen LogP contribution in [0.15, 0.2) is 121 Å². The molecule has 0 saturated heterocycles. The molecule has 0 spiro atoms. The van der Waals surface area contributed by atoms with Crippen molar-refractivity contribution in [1.29, 1.82) is 0 Å². The first-order chi connectivity index (χ1) is 17.5. The fourth-order valence-electron chi connectivity index (χ4n) is 4.80. The minimum atomic E-state index is 0.774. The van der Waals surface area contributed by atoms with Crippen molar-refractivity contribution in [3.8, 4) is 22.3 Å². The molecule has 0 unspecified atom stereocenters. The van der Waals surface area contributed by atoms with Gasteiger partial charge in [-0.05, 0) is 93.0 Å². The predicted molar refractivity (Wildman–Crippen MR) is 158 cm³/mol. The number of benzene rings is 6. The first kappa shape index (κ1) is 24.1. The van der Waals surface area contributed by atoms with Crippen molar-refractivity contribution in [2.45, 2.75) is 13.8 Å². The summed E-state index contributed by atoms with van der Waals surface area (Å²) in [4.78, 5) is 0. The van der Waals surface area contributed by atoms with Gasteiger partial charge in [0.2, 0.25) is 0 Å². The summed E-state index contributed by atoms with van der Waals surface area (Å²) >= 11 is 11.9. The number of fused-ring (bicyclic) bond motifs is 2. The van der Waals surface area contributed by atoms with Gasteiger partial charge in [0.05, 0.1) is 0 Å². The van der Waals surface area contributed by atoms with Crippen LogP contribution in [-0.2, 0) is 0 Å². The second-order valence-corrected chi connectivity index (χ2v) is 9.84. The Morgan fingerprint density at radius 2 is 0.722 bits per heavy atom. The summed E-state index contributed by atoms with van der Waals surface area (Å²) < 4.78 is 0. The van der Waals surface area contributed by atoms with Gasteiger partial charge in [-0.1, -0.05) is 120 Å². The van der Waals surface area contributed by atoms with Gasteiger partial charge in [0.1, 0.15) is 0 Å². The molecular weight excluding hydrogens is 479 g/mol. The highest BCUT2D eigenvalue weighted by Gasteiger charge is 2.06. The molecule has 0 N–H and O–H groups in total. The monoisotopic (exact) mass is 504 g/mol. The third-order valence-electron chi connectivity index (χ3n) is 6.54. The van der Waals surface area contributed by atoms with Crippen molar-refractivity contribution in [3.05, 3.63) is 142 Å². The van der Waals surface area contributed by atoms with Crippen molar-refractivity contribution >= 4 is 44.7 Å². The molecule has 0 aliphatic carbocycles. The van der Waals surface area contributed by atoms with Gasteiger partial charge in [-0.25, -0.2) is 0 Å². The molecule has 6 rings (SSSR count). The van der Waals surface area contributed by atoms with Crippen molar-refractivity contribution < 1.29 is 0 Å². The summed E-state index contributed by atoms with van der Waals surface area (Å²) in [5.41, 5.74) is 7.55. The van der Waals surface area contributed by atoms with Crippen LogP contribution < -0.4 is 0 Å². The highest BCUT2D eigenvalue weighted by Crippen LogP contribution is 2.32. The van der Waals surface area contributed by atoms with E-state index in [0.717, 1.165) is 10.0 Å². The number of halogens is 2. The van der Waals surface area contributed by atoms with E-state index in [1.165, 1.54) is 54.9 Å². The highest BCUT2D eigenvalue weighted by atomic mass is 35.5. The maximum absolute atomic E-state index is 5.95. The Morgan fingerprint density at radius 1 is 0.389 bits per heavy atom. The molecule has 176 valence electrons. The average molecular weight is 505 g/mol. The van der Waals surface area contributed by atoms with Gasteiger partial charge >= 0.3 is 0 Å². The Labute approximate surface area is 222 Å². The smallest absolute Gasteiger partial charge is 0.0406 e. The third kappa shape index (κ3) is 5.02. The molecule has 0 heterocycles. The van der Waals surface area contributed by atoms with Gasteiger partial charge in [0.25, 0.3) is 0 Å². The van der Waals surface area contributed by atoms with Crippen molar-refractivity contribution in [2.24, 2.45) is 0 Å². The van der Waals surface area contributed by atoms with E-state index in [0.29, 0.717) is 0 Å². The number of rotatable bonds is 2. The lowest BCUT2D eigenvalue weighted by Gasteiger charge is -2.09. The molecule has 0 amide bonds. The maximum atomic E-state index is 5.95. The van der Waals surface area contributed by atoms with Crippen molar-refractivity contribution in [2.75, 3.05) is 0 Å². The fraction of sp³-hybridized carbons (Fsp3) is 0.0588. The van der Waals surface area contributed by atoms with E-state index in [4.69, 9.17) is 23.2 Å². The van der Waals surface area contributed by atoms with Crippen molar-refractivity contribution in [3.63, 3.8) is 0 Å². The largest absolute Gasteiger partial charge is 0.0843 e.